The van der Waals surface area contributed by atoms with Gasteiger partial charge in [0.25, 0.3) is 11.5 Å². The van der Waals surface area contributed by atoms with Crippen LogP contribution < -0.4 is 5.56 Å². The molecule has 26 heavy (non-hydrogen) atoms. The van der Waals surface area contributed by atoms with Crippen LogP contribution in [-0.2, 0) is 16.1 Å². The van der Waals surface area contributed by atoms with Gasteiger partial charge in [-0.15, -0.1) is 0 Å². The van der Waals surface area contributed by atoms with E-state index in [4.69, 9.17) is 21.4 Å². The van der Waals surface area contributed by atoms with Crippen molar-refractivity contribution in [1.82, 2.24) is 9.47 Å². The average molecular weight is 377 g/mol. The van der Waals surface area contributed by atoms with Gasteiger partial charge < -0.3 is 19.3 Å². The highest BCUT2D eigenvalue weighted by molar-refractivity contribution is 6.31. The first kappa shape index (κ1) is 18.2. The summed E-state index contributed by atoms with van der Waals surface area (Å²) in [5.74, 6) is -1.45. The molecule has 1 aliphatic heterocycles. The Hall–Kier alpha value is -2.64. The van der Waals surface area contributed by atoms with E-state index in [9.17, 15) is 14.4 Å². The molecular formula is C18H17ClN2O5. The number of hydrogen-bond donors (Lipinski definition) is 1. The van der Waals surface area contributed by atoms with Crippen LogP contribution in [0.15, 0.2) is 47.4 Å². The summed E-state index contributed by atoms with van der Waals surface area (Å²) in [6, 6.07) is 9.92. The number of ether oxygens (including phenoxy) is 1. The van der Waals surface area contributed by atoms with Crippen LogP contribution in [-0.4, -0.2) is 52.3 Å². The van der Waals surface area contributed by atoms with Crippen LogP contribution in [0.3, 0.4) is 0 Å². The van der Waals surface area contributed by atoms with E-state index in [1.54, 1.807) is 12.1 Å². The lowest BCUT2D eigenvalue weighted by Gasteiger charge is -2.31. The van der Waals surface area contributed by atoms with Gasteiger partial charge in [-0.2, -0.15) is 0 Å². The Bertz CT molecular complexity index is 895. The first-order valence-electron chi connectivity index (χ1n) is 8.03. The molecule has 1 unspecified atom stereocenters. The minimum absolute atomic E-state index is 0.0300. The Balaban J connectivity index is 1.83. The summed E-state index contributed by atoms with van der Waals surface area (Å²) in [6.45, 7) is 0.659. The largest absolute Gasteiger partial charge is 0.479 e. The monoisotopic (exact) mass is 376 g/mol. The molecule has 8 heteroatoms. The maximum Gasteiger partial charge on any atom is 0.334 e. The minimum atomic E-state index is -1.11. The third-order valence-electron chi connectivity index (χ3n) is 4.16. The van der Waals surface area contributed by atoms with Crippen molar-refractivity contribution in [3.63, 3.8) is 0 Å². The minimum Gasteiger partial charge on any atom is -0.479 e. The second-order valence-corrected chi connectivity index (χ2v) is 6.33. The molecule has 2 heterocycles. The Morgan fingerprint density at radius 1 is 1.23 bits per heavy atom. The number of carboxylic acid groups (broad SMARTS) is 1. The van der Waals surface area contributed by atoms with Gasteiger partial charge in [-0.3, -0.25) is 9.59 Å². The maximum absolute atomic E-state index is 12.7. The summed E-state index contributed by atoms with van der Waals surface area (Å²) in [4.78, 5) is 37.3. The average Bonchev–Trinajstić information content (AvgIpc) is 2.65. The summed E-state index contributed by atoms with van der Waals surface area (Å²) in [6.07, 6.45) is 0.431. The zero-order chi connectivity index (χ0) is 18.7. The van der Waals surface area contributed by atoms with Gasteiger partial charge in [-0.1, -0.05) is 29.8 Å². The highest BCUT2D eigenvalue weighted by Gasteiger charge is 2.29. The van der Waals surface area contributed by atoms with E-state index in [1.165, 1.54) is 27.8 Å². The number of carboxylic acids is 1. The molecule has 1 atom stereocenters. The SMILES string of the molecule is O=C(O)C1CN(C(=O)c2ccc(=O)n(Cc3ccccc3Cl)c2)CCO1. The van der Waals surface area contributed by atoms with Crippen molar-refractivity contribution < 1.29 is 19.4 Å². The summed E-state index contributed by atoms with van der Waals surface area (Å²) < 4.78 is 6.53. The molecule has 0 saturated carbocycles. The number of benzene rings is 1. The molecular weight excluding hydrogens is 360 g/mol. The van der Waals surface area contributed by atoms with Gasteiger partial charge in [-0.25, -0.2) is 4.79 Å². The molecule has 0 aliphatic carbocycles. The van der Waals surface area contributed by atoms with Gasteiger partial charge in [-0.05, 0) is 17.7 Å². The predicted octanol–water partition coefficient (Wildman–Crippen LogP) is 1.48. The van der Waals surface area contributed by atoms with Crippen molar-refractivity contribution in [1.29, 1.82) is 0 Å². The van der Waals surface area contributed by atoms with E-state index in [0.29, 0.717) is 17.1 Å². The number of carbonyl (C=O) groups is 2. The third-order valence-corrected chi connectivity index (χ3v) is 4.53. The number of rotatable bonds is 4. The zero-order valence-corrected chi connectivity index (χ0v) is 14.6. The number of nitrogens with zero attached hydrogens (tertiary/aromatic N) is 2. The molecule has 1 N–H and O–H groups in total. The fraction of sp³-hybridized carbons (Fsp3) is 0.278. The second-order valence-electron chi connectivity index (χ2n) is 5.92. The maximum atomic E-state index is 12.7. The van der Waals surface area contributed by atoms with E-state index in [-0.39, 0.29) is 31.2 Å². The molecule has 1 aliphatic rings. The van der Waals surface area contributed by atoms with E-state index in [2.05, 4.69) is 0 Å². The molecule has 7 nitrogen and oxygen atoms in total. The molecule has 0 radical (unpaired) electrons. The van der Waals surface area contributed by atoms with E-state index in [0.717, 1.165) is 5.56 Å². The highest BCUT2D eigenvalue weighted by atomic mass is 35.5. The van der Waals surface area contributed by atoms with Crippen molar-refractivity contribution in [2.75, 3.05) is 19.7 Å². The number of hydrogen-bond acceptors (Lipinski definition) is 4. The van der Waals surface area contributed by atoms with Crippen LogP contribution in [0.25, 0.3) is 0 Å². The number of halogens is 1. The van der Waals surface area contributed by atoms with Gasteiger partial charge in [0.2, 0.25) is 0 Å². The second kappa shape index (κ2) is 7.72. The molecule has 1 aromatic heterocycles. The lowest BCUT2D eigenvalue weighted by molar-refractivity contribution is -0.154. The summed E-state index contributed by atoms with van der Waals surface area (Å²) in [7, 11) is 0. The van der Waals surface area contributed by atoms with Crippen LogP contribution >= 0.6 is 11.6 Å². The molecule has 1 amide bonds. The zero-order valence-electron chi connectivity index (χ0n) is 13.8. The molecule has 2 aromatic rings. The number of morpholine rings is 1. The van der Waals surface area contributed by atoms with Crippen LogP contribution in [0.1, 0.15) is 15.9 Å². The topological polar surface area (TPSA) is 88.8 Å². The van der Waals surface area contributed by atoms with Crippen molar-refractivity contribution in [3.05, 3.63) is 69.1 Å². The molecule has 1 aromatic carbocycles. The van der Waals surface area contributed by atoms with Gasteiger partial charge >= 0.3 is 5.97 Å². The Labute approximate surface area is 154 Å². The van der Waals surface area contributed by atoms with Crippen LogP contribution in [0, 0.1) is 0 Å². The number of aliphatic carboxylic acids is 1. The molecule has 3 rings (SSSR count). The molecule has 0 bridgehead atoms. The summed E-state index contributed by atoms with van der Waals surface area (Å²) in [5.41, 5.74) is 0.813. The Morgan fingerprint density at radius 3 is 2.73 bits per heavy atom. The quantitative estimate of drug-likeness (QED) is 0.873. The van der Waals surface area contributed by atoms with E-state index < -0.39 is 12.1 Å². The van der Waals surface area contributed by atoms with Gasteiger partial charge in [0.15, 0.2) is 6.10 Å². The van der Waals surface area contributed by atoms with Crippen molar-refractivity contribution >= 4 is 23.5 Å². The lowest BCUT2D eigenvalue weighted by Crippen LogP contribution is -2.48. The number of amides is 1. The molecule has 136 valence electrons. The molecule has 1 fully saturated rings. The van der Waals surface area contributed by atoms with Crippen molar-refractivity contribution in [3.8, 4) is 0 Å². The fourth-order valence-electron chi connectivity index (χ4n) is 2.76. The van der Waals surface area contributed by atoms with Crippen LogP contribution in [0.5, 0.6) is 0 Å². The first-order chi connectivity index (χ1) is 12.5. The predicted molar refractivity (Wildman–Crippen MR) is 94.5 cm³/mol. The van der Waals surface area contributed by atoms with Gasteiger partial charge in [0, 0.05) is 23.8 Å². The Morgan fingerprint density at radius 2 is 2.00 bits per heavy atom. The van der Waals surface area contributed by atoms with Crippen LogP contribution in [0.2, 0.25) is 5.02 Å². The highest BCUT2D eigenvalue weighted by Crippen LogP contribution is 2.16. The van der Waals surface area contributed by atoms with E-state index in [1.807, 2.05) is 12.1 Å². The third kappa shape index (κ3) is 3.95. The fourth-order valence-corrected chi connectivity index (χ4v) is 2.95. The van der Waals surface area contributed by atoms with Crippen molar-refractivity contribution in [2.24, 2.45) is 0 Å². The summed E-state index contributed by atoms with van der Waals surface area (Å²) >= 11 is 6.14. The van der Waals surface area contributed by atoms with E-state index >= 15 is 0 Å². The number of aromatic nitrogens is 1. The van der Waals surface area contributed by atoms with Gasteiger partial charge in [0.05, 0.1) is 25.3 Å². The normalized spacial score (nSPS) is 17.1. The number of carbonyl (C=O) groups excluding carboxylic acids is 1. The van der Waals surface area contributed by atoms with Crippen molar-refractivity contribution in [2.45, 2.75) is 12.6 Å². The Kier molecular flexibility index (Phi) is 5.39. The molecule has 0 spiro atoms. The first-order valence-corrected chi connectivity index (χ1v) is 8.41. The van der Waals surface area contributed by atoms with Gasteiger partial charge in [0.1, 0.15) is 0 Å². The molecule has 1 saturated heterocycles. The smallest absolute Gasteiger partial charge is 0.334 e. The number of pyridine rings is 1. The van der Waals surface area contributed by atoms with Crippen LogP contribution in [0.4, 0.5) is 0 Å². The summed E-state index contributed by atoms with van der Waals surface area (Å²) in [5, 5.41) is 9.59. The standard InChI is InChI=1S/C18H17ClN2O5/c19-14-4-2-1-3-12(14)9-21-10-13(5-6-16(21)22)17(23)20-7-8-26-15(11-20)18(24)25/h1-6,10,15H,7-9,11H2,(H,24,25). The lowest BCUT2D eigenvalue weighted by atomic mass is 10.2.